The summed E-state index contributed by atoms with van der Waals surface area (Å²) in [6.07, 6.45) is 5.41. The van der Waals surface area contributed by atoms with Gasteiger partial charge in [0.05, 0.1) is 32.0 Å². The number of morpholine rings is 1. The van der Waals surface area contributed by atoms with Crippen LogP contribution in [0.15, 0.2) is 24.4 Å². The van der Waals surface area contributed by atoms with Crippen molar-refractivity contribution in [3.05, 3.63) is 30.1 Å². The molecule has 0 aliphatic carbocycles. The Bertz CT molecular complexity index is 677. The molecule has 0 saturated carbocycles. The number of aromatic nitrogens is 1. The quantitative estimate of drug-likeness (QED) is 0.786. The molecular formula is C20H28N4O3. The Morgan fingerprint density at radius 1 is 1.11 bits per heavy atom. The minimum absolute atomic E-state index is 0.120. The second-order valence-corrected chi connectivity index (χ2v) is 7.70. The maximum absolute atomic E-state index is 13.4. The first-order valence-corrected chi connectivity index (χ1v) is 9.99. The molecule has 7 heteroatoms. The molecule has 3 saturated heterocycles. The molecule has 0 radical (unpaired) electrons. The average Bonchev–Trinajstić information content (AvgIpc) is 3.10. The van der Waals surface area contributed by atoms with Crippen molar-refractivity contribution in [2.24, 2.45) is 0 Å². The first kappa shape index (κ1) is 18.4. The van der Waals surface area contributed by atoms with Gasteiger partial charge in [-0.25, -0.2) is 0 Å². The lowest BCUT2D eigenvalue weighted by atomic mass is 9.85. The van der Waals surface area contributed by atoms with Crippen LogP contribution in [0.2, 0.25) is 0 Å². The Hall–Kier alpha value is -1.99. The van der Waals surface area contributed by atoms with E-state index < -0.39 is 5.54 Å². The van der Waals surface area contributed by atoms with E-state index in [1.807, 2.05) is 28.0 Å². The van der Waals surface area contributed by atoms with Crippen molar-refractivity contribution < 1.29 is 14.3 Å². The van der Waals surface area contributed by atoms with Crippen molar-refractivity contribution in [2.45, 2.75) is 37.8 Å². The van der Waals surface area contributed by atoms with Crippen molar-refractivity contribution in [1.29, 1.82) is 0 Å². The van der Waals surface area contributed by atoms with Gasteiger partial charge in [0.15, 0.2) is 0 Å². The summed E-state index contributed by atoms with van der Waals surface area (Å²) >= 11 is 0. The van der Waals surface area contributed by atoms with Gasteiger partial charge in [-0.05, 0) is 44.4 Å². The highest BCUT2D eigenvalue weighted by atomic mass is 16.5. The molecule has 7 nitrogen and oxygen atoms in total. The van der Waals surface area contributed by atoms with E-state index in [1.165, 1.54) is 0 Å². The molecule has 3 aliphatic rings. The van der Waals surface area contributed by atoms with E-state index in [0.717, 1.165) is 44.5 Å². The number of amides is 2. The number of rotatable bonds is 4. The van der Waals surface area contributed by atoms with Crippen LogP contribution < -0.4 is 0 Å². The molecule has 1 spiro atoms. The highest BCUT2D eigenvalue weighted by Crippen LogP contribution is 2.38. The Kier molecular flexibility index (Phi) is 5.41. The number of piperidine rings is 1. The largest absolute Gasteiger partial charge is 0.378 e. The van der Waals surface area contributed by atoms with Crippen molar-refractivity contribution in [3.8, 4) is 0 Å². The molecule has 4 heterocycles. The Labute approximate surface area is 160 Å². The summed E-state index contributed by atoms with van der Waals surface area (Å²) < 4.78 is 5.34. The lowest BCUT2D eigenvalue weighted by Gasteiger charge is -2.44. The van der Waals surface area contributed by atoms with E-state index in [-0.39, 0.29) is 11.8 Å². The maximum atomic E-state index is 13.4. The van der Waals surface area contributed by atoms with Crippen LogP contribution >= 0.6 is 0 Å². The first-order valence-electron chi connectivity index (χ1n) is 9.99. The minimum atomic E-state index is -0.505. The van der Waals surface area contributed by atoms with E-state index >= 15 is 0 Å². The molecule has 3 aliphatic heterocycles. The number of likely N-dealkylation sites (tertiary alicyclic amines) is 2. The highest BCUT2D eigenvalue weighted by Gasteiger charge is 2.51. The molecule has 3 fully saturated rings. The van der Waals surface area contributed by atoms with Gasteiger partial charge in [0.25, 0.3) is 0 Å². The zero-order valence-electron chi connectivity index (χ0n) is 15.8. The van der Waals surface area contributed by atoms with Crippen molar-refractivity contribution >= 4 is 11.8 Å². The van der Waals surface area contributed by atoms with E-state index in [0.29, 0.717) is 39.4 Å². The van der Waals surface area contributed by atoms with E-state index in [1.54, 1.807) is 6.20 Å². The first-order chi connectivity index (χ1) is 13.2. The van der Waals surface area contributed by atoms with Crippen LogP contribution in [0.3, 0.4) is 0 Å². The second-order valence-electron chi connectivity index (χ2n) is 7.70. The number of carbonyl (C=O) groups is 2. The molecule has 1 aromatic rings. The number of hydrogen-bond donors (Lipinski definition) is 0. The van der Waals surface area contributed by atoms with Gasteiger partial charge in [0.2, 0.25) is 11.8 Å². The third-order valence-electron chi connectivity index (χ3n) is 6.10. The number of nitrogens with zero attached hydrogens (tertiary/aromatic N) is 4. The molecule has 146 valence electrons. The number of ether oxygens (including phenoxy) is 1. The number of carbonyl (C=O) groups excluding carboxylic acids is 2. The monoisotopic (exact) mass is 372 g/mol. The van der Waals surface area contributed by atoms with Crippen LogP contribution in [0, 0.1) is 0 Å². The summed E-state index contributed by atoms with van der Waals surface area (Å²) in [6.45, 7) is 4.98. The predicted octanol–water partition coefficient (Wildman–Crippen LogP) is 0.897. The summed E-state index contributed by atoms with van der Waals surface area (Å²) in [5.74, 6) is 0.293. The number of hydrogen-bond acceptors (Lipinski definition) is 5. The van der Waals surface area contributed by atoms with E-state index in [4.69, 9.17) is 4.74 Å². The molecule has 4 rings (SSSR count). The SMILES string of the molecule is O=C(CN1CCCC12CCCN(Cc1ccccn1)C2=O)N1CCOCC1. The standard InChI is InChI=1S/C20H28N4O3/c25-18(22-11-13-27-14-12-22)16-24-10-4-7-20(24)6-3-9-23(19(20)26)15-17-5-1-2-8-21-17/h1-2,5,8H,3-4,6-7,9-16H2. The molecule has 2 amide bonds. The molecule has 1 aromatic heterocycles. The molecule has 0 bridgehead atoms. The summed E-state index contributed by atoms with van der Waals surface area (Å²) in [5, 5.41) is 0. The van der Waals surface area contributed by atoms with Gasteiger partial charge in [0.1, 0.15) is 5.54 Å². The van der Waals surface area contributed by atoms with Crippen molar-refractivity contribution in [1.82, 2.24) is 19.7 Å². The molecule has 1 atom stereocenters. The maximum Gasteiger partial charge on any atom is 0.243 e. The predicted molar refractivity (Wildman–Crippen MR) is 99.8 cm³/mol. The Morgan fingerprint density at radius 2 is 1.89 bits per heavy atom. The molecule has 0 aromatic carbocycles. The van der Waals surface area contributed by atoms with Gasteiger partial charge in [0, 0.05) is 25.8 Å². The summed E-state index contributed by atoms with van der Waals surface area (Å²) in [5.41, 5.74) is 0.409. The Balaban J connectivity index is 1.46. The molecular weight excluding hydrogens is 344 g/mol. The zero-order valence-corrected chi connectivity index (χ0v) is 15.8. The topological polar surface area (TPSA) is 66.0 Å². The summed E-state index contributed by atoms with van der Waals surface area (Å²) in [7, 11) is 0. The molecule has 0 N–H and O–H groups in total. The third-order valence-corrected chi connectivity index (χ3v) is 6.10. The van der Waals surface area contributed by atoms with Gasteiger partial charge in [-0.15, -0.1) is 0 Å². The molecule has 1 unspecified atom stereocenters. The van der Waals surface area contributed by atoms with E-state index in [9.17, 15) is 9.59 Å². The normalized spacial score (nSPS) is 26.7. The van der Waals surface area contributed by atoms with Crippen LogP contribution in [-0.2, 0) is 20.9 Å². The van der Waals surface area contributed by atoms with Crippen LogP contribution in [0.5, 0.6) is 0 Å². The summed E-state index contributed by atoms with van der Waals surface area (Å²) in [6, 6.07) is 5.80. The highest BCUT2D eigenvalue weighted by molar-refractivity contribution is 5.88. The lowest BCUT2D eigenvalue weighted by molar-refractivity contribution is -0.151. The van der Waals surface area contributed by atoms with Gasteiger partial charge in [-0.2, -0.15) is 0 Å². The van der Waals surface area contributed by atoms with Crippen LogP contribution in [0.25, 0.3) is 0 Å². The van der Waals surface area contributed by atoms with Gasteiger partial charge >= 0.3 is 0 Å². The molecule has 27 heavy (non-hydrogen) atoms. The summed E-state index contributed by atoms with van der Waals surface area (Å²) in [4.78, 5) is 36.5. The van der Waals surface area contributed by atoms with Crippen LogP contribution in [0.4, 0.5) is 0 Å². The smallest absolute Gasteiger partial charge is 0.243 e. The van der Waals surface area contributed by atoms with Crippen molar-refractivity contribution in [3.63, 3.8) is 0 Å². The second kappa shape index (κ2) is 7.94. The fourth-order valence-corrected chi connectivity index (χ4v) is 4.67. The van der Waals surface area contributed by atoms with E-state index in [2.05, 4.69) is 9.88 Å². The van der Waals surface area contributed by atoms with Crippen LogP contribution in [0.1, 0.15) is 31.4 Å². The van der Waals surface area contributed by atoms with Gasteiger partial charge < -0.3 is 14.5 Å². The minimum Gasteiger partial charge on any atom is -0.378 e. The fraction of sp³-hybridized carbons (Fsp3) is 0.650. The number of pyridine rings is 1. The average molecular weight is 372 g/mol. The van der Waals surface area contributed by atoms with Gasteiger partial charge in [-0.3, -0.25) is 19.5 Å². The van der Waals surface area contributed by atoms with Crippen molar-refractivity contribution in [2.75, 3.05) is 45.9 Å². The van der Waals surface area contributed by atoms with Gasteiger partial charge in [-0.1, -0.05) is 6.07 Å². The zero-order chi connectivity index (χ0) is 18.7. The fourth-order valence-electron chi connectivity index (χ4n) is 4.67. The Morgan fingerprint density at radius 3 is 2.63 bits per heavy atom. The van der Waals surface area contributed by atoms with Crippen LogP contribution in [-0.4, -0.2) is 83.0 Å². The third kappa shape index (κ3) is 3.71. The lowest BCUT2D eigenvalue weighted by Crippen LogP contribution is -2.61.